The first kappa shape index (κ1) is 25.3. The molecule has 1 N–H and O–H groups in total. The smallest absolute Gasteiger partial charge is 0.338 e. The summed E-state index contributed by atoms with van der Waals surface area (Å²) in [6.07, 6.45) is 3.35. The van der Waals surface area contributed by atoms with Crippen LogP contribution in [0.1, 0.15) is 77.8 Å². The maximum absolute atomic E-state index is 13.4. The van der Waals surface area contributed by atoms with E-state index in [1.54, 1.807) is 50.2 Å². The van der Waals surface area contributed by atoms with E-state index < -0.39 is 17.9 Å². The zero-order valence-electron chi connectivity index (χ0n) is 20.3. The summed E-state index contributed by atoms with van der Waals surface area (Å²) in [5, 5.41) is 2.94. The molecule has 0 spiro atoms. The first-order valence-corrected chi connectivity index (χ1v) is 12.1. The van der Waals surface area contributed by atoms with Crippen molar-refractivity contribution in [3.8, 4) is 0 Å². The van der Waals surface area contributed by atoms with Gasteiger partial charge in [0.2, 0.25) is 5.91 Å². The summed E-state index contributed by atoms with van der Waals surface area (Å²) in [5.41, 5.74) is 3.27. The van der Waals surface area contributed by atoms with Gasteiger partial charge in [0, 0.05) is 25.3 Å². The number of anilines is 1. The van der Waals surface area contributed by atoms with Gasteiger partial charge in [0.05, 0.1) is 30.3 Å². The van der Waals surface area contributed by atoms with Gasteiger partial charge in [0.25, 0.3) is 0 Å². The summed E-state index contributed by atoms with van der Waals surface area (Å²) in [7, 11) is 0. The molecule has 1 atom stereocenters. The normalized spacial score (nSPS) is 14.3. The molecule has 1 amide bonds. The average Bonchev–Trinajstić information content (AvgIpc) is 2.85. The summed E-state index contributed by atoms with van der Waals surface area (Å²) >= 11 is 0. The van der Waals surface area contributed by atoms with Crippen molar-refractivity contribution in [2.45, 2.75) is 46.0 Å². The van der Waals surface area contributed by atoms with E-state index in [9.17, 15) is 14.4 Å². The van der Waals surface area contributed by atoms with Crippen LogP contribution < -0.4 is 10.2 Å². The minimum atomic E-state index is -0.650. The van der Waals surface area contributed by atoms with E-state index in [0.29, 0.717) is 24.3 Å². The number of carbonyl (C=O) groups is 3. The Labute approximate surface area is 201 Å². The van der Waals surface area contributed by atoms with E-state index in [4.69, 9.17) is 9.47 Å². The van der Waals surface area contributed by atoms with Crippen LogP contribution in [-0.4, -0.2) is 50.7 Å². The van der Waals surface area contributed by atoms with Crippen LogP contribution in [0.5, 0.6) is 0 Å². The molecule has 7 heteroatoms. The van der Waals surface area contributed by atoms with Gasteiger partial charge in [-0.1, -0.05) is 12.1 Å². The lowest BCUT2D eigenvalue weighted by Crippen LogP contribution is -2.34. The number of benzene rings is 2. The molecule has 182 valence electrons. The lowest BCUT2D eigenvalue weighted by molar-refractivity contribution is -0.121. The van der Waals surface area contributed by atoms with Crippen LogP contribution in [0.4, 0.5) is 5.69 Å². The summed E-state index contributed by atoms with van der Waals surface area (Å²) in [6.45, 7) is 8.25. The highest BCUT2D eigenvalue weighted by molar-refractivity contribution is 5.94. The van der Waals surface area contributed by atoms with Gasteiger partial charge < -0.3 is 19.7 Å². The van der Waals surface area contributed by atoms with Crippen LogP contribution in [0.3, 0.4) is 0 Å². The third kappa shape index (κ3) is 5.95. The molecule has 1 heterocycles. The largest absolute Gasteiger partial charge is 0.462 e. The Morgan fingerprint density at radius 1 is 0.853 bits per heavy atom. The zero-order valence-corrected chi connectivity index (χ0v) is 20.3. The lowest BCUT2D eigenvalue weighted by atomic mass is 9.87. The van der Waals surface area contributed by atoms with E-state index in [-0.39, 0.29) is 12.5 Å². The van der Waals surface area contributed by atoms with Crippen LogP contribution in [0, 0.1) is 0 Å². The Kier molecular flexibility index (Phi) is 9.08. The zero-order chi connectivity index (χ0) is 24.5. The van der Waals surface area contributed by atoms with E-state index in [2.05, 4.69) is 10.2 Å². The Balaban J connectivity index is 2.11. The van der Waals surface area contributed by atoms with Crippen molar-refractivity contribution in [2.75, 3.05) is 37.7 Å². The fourth-order valence-corrected chi connectivity index (χ4v) is 4.32. The lowest BCUT2D eigenvalue weighted by Gasteiger charge is -2.32. The minimum Gasteiger partial charge on any atom is -0.462 e. The van der Waals surface area contributed by atoms with Crippen molar-refractivity contribution in [3.63, 3.8) is 0 Å². The number of nitrogens with one attached hydrogen (secondary N) is 1. The van der Waals surface area contributed by atoms with Gasteiger partial charge in [-0.2, -0.15) is 0 Å². The number of esters is 2. The molecule has 1 aliphatic heterocycles. The Morgan fingerprint density at radius 3 is 2.03 bits per heavy atom. The molecule has 34 heavy (non-hydrogen) atoms. The van der Waals surface area contributed by atoms with Gasteiger partial charge in [-0.25, -0.2) is 9.59 Å². The van der Waals surface area contributed by atoms with Crippen molar-refractivity contribution < 1.29 is 23.9 Å². The van der Waals surface area contributed by atoms with Crippen molar-refractivity contribution in [1.29, 1.82) is 0 Å². The van der Waals surface area contributed by atoms with Gasteiger partial charge in [-0.3, -0.25) is 4.79 Å². The van der Waals surface area contributed by atoms with Gasteiger partial charge in [0.1, 0.15) is 0 Å². The van der Waals surface area contributed by atoms with Crippen molar-refractivity contribution in [1.82, 2.24) is 5.32 Å². The fourth-order valence-electron chi connectivity index (χ4n) is 4.32. The van der Waals surface area contributed by atoms with E-state index in [0.717, 1.165) is 42.7 Å². The predicted molar refractivity (Wildman–Crippen MR) is 131 cm³/mol. The number of likely N-dealkylation sites (N-methyl/N-ethyl adjacent to an activating group) is 1. The highest BCUT2D eigenvalue weighted by Crippen LogP contribution is 2.35. The number of nitrogens with zero attached hydrogens (tertiary/aromatic N) is 1. The summed E-state index contributed by atoms with van der Waals surface area (Å²) in [5.74, 6) is -1.63. The molecule has 1 fully saturated rings. The van der Waals surface area contributed by atoms with Gasteiger partial charge >= 0.3 is 11.9 Å². The molecule has 1 unspecified atom stereocenters. The third-order valence-corrected chi connectivity index (χ3v) is 5.91. The van der Waals surface area contributed by atoms with Crippen molar-refractivity contribution in [2.24, 2.45) is 0 Å². The van der Waals surface area contributed by atoms with Crippen LogP contribution in [0.2, 0.25) is 0 Å². The highest BCUT2D eigenvalue weighted by Gasteiger charge is 2.29. The molecule has 3 rings (SSSR count). The first-order valence-electron chi connectivity index (χ1n) is 12.1. The van der Waals surface area contributed by atoms with E-state index >= 15 is 0 Å². The molecular formula is C27H34N2O5. The molecule has 0 radical (unpaired) electrons. The topological polar surface area (TPSA) is 84.9 Å². The standard InChI is InChI=1S/C27H34N2O5/c1-4-28-25(30)24(19-10-12-20(13-11-19)26(31)33-5-2)22-18-21(27(32)34-6-3)14-15-23(22)29-16-8-7-9-17-29/h10-15,18,24H,4-9,16-17H2,1-3H3,(H,28,30). The second-order valence-corrected chi connectivity index (χ2v) is 8.21. The Hall–Kier alpha value is -3.35. The average molecular weight is 467 g/mol. The fraction of sp³-hybridized carbons (Fsp3) is 0.444. The number of rotatable bonds is 9. The summed E-state index contributed by atoms with van der Waals surface area (Å²) in [4.78, 5) is 40.3. The number of carbonyl (C=O) groups excluding carboxylic acids is 3. The van der Waals surface area contributed by atoms with Gasteiger partial charge in [0.15, 0.2) is 0 Å². The van der Waals surface area contributed by atoms with E-state index in [1.807, 2.05) is 13.0 Å². The molecule has 7 nitrogen and oxygen atoms in total. The SMILES string of the molecule is CCNC(=O)C(c1ccc(C(=O)OCC)cc1)c1cc(C(=O)OCC)ccc1N1CCCCC1. The number of amides is 1. The van der Waals surface area contributed by atoms with Crippen molar-refractivity contribution >= 4 is 23.5 Å². The third-order valence-electron chi connectivity index (χ3n) is 5.91. The number of hydrogen-bond acceptors (Lipinski definition) is 6. The molecule has 0 aromatic heterocycles. The molecule has 0 bridgehead atoms. The number of ether oxygens (including phenoxy) is 2. The molecular weight excluding hydrogens is 432 g/mol. The number of hydrogen-bond donors (Lipinski definition) is 1. The van der Waals surface area contributed by atoms with Crippen LogP contribution in [-0.2, 0) is 14.3 Å². The molecule has 2 aromatic carbocycles. The molecule has 0 saturated carbocycles. The molecule has 2 aromatic rings. The van der Waals surface area contributed by atoms with Gasteiger partial charge in [-0.05, 0) is 81.5 Å². The van der Waals surface area contributed by atoms with Crippen LogP contribution in [0.15, 0.2) is 42.5 Å². The monoisotopic (exact) mass is 466 g/mol. The summed E-state index contributed by atoms with van der Waals surface area (Å²) < 4.78 is 10.3. The van der Waals surface area contributed by atoms with Crippen LogP contribution >= 0.6 is 0 Å². The van der Waals surface area contributed by atoms with Crippen molar-refractivity contribution in [3.05, 3.63) is 64.7 Å². The maximum atomic E-state index is 13.4. The highest BCUT2D eigenvalue weighted by atomic mass is 16.5. The first-order chi connectivity index (χ1) is 16.5. The quantitative estimate of drug-likeness (QED) is 0.555. The summed E-state index contributed by atoms with van der Waals surface area (Å²) in [6, 6.07) is 12.4. The molecule has 1 saturated heterocycles. The molecule has 0 aliphatic carbocycles. The minimum absolute atomic E-state index is 0.161. The van der Waals surface area contributed by atoms with E-state index in [1.165, 1.54) is 6.42 Å². The predicted octanol–water partition coefficient (Wildman–Crippen LogP) is 4.30. The number of piperidine rings is 1. The second-order valence-electron chi connectivity index (χ2n) is 8.21. The molecule has 1 aliphatic rings. The second kappa shape index (κ2) is 12.2. The Morgan fingerprint density at radius 2 is 1.44 bits per heavy atom. The van der Waals surface area contributed by atoms with Crippen LogP contribution in [0.25, 0.3) is 0 Å². The Bertz CT molecular complexity index is 997. The maximum Gasteiger partial charge on any atom is 0.338 e. The van der Waals surface area contributed by atoms with Gasteiger partial charge in [-0.15, -0.1) is 0 Å².